The van der Waals surface area contributed by atoms with Gasteiger partial charge in [0.1, 0.15) is 51.8 Å². The van der Waals surface area contributed by atoms with Gasteiger partial charge in [-0.1, -0.05) is 83.8 Å². The summed E-state index contributed by atoms with van der Waals surface area (Å²) in [6.07, 6.45) is 7.21. The number of allylic oxidation sites excluding steroid dienone is 6. The number of methoxy groups -OCH3 is 6. The lowest BCUT2D eigenvalue weighted by atomic mass is 9.68. The smallest absolute Gasteiger partial charge is 0.126 e. The molecule has 0 unspecified atom stereocenters. The monoisotopic (exact) mass is 1780 g/mol. The lowest BCUT2D eigenvalue weighted by molar-refractivity contribution is 0.174. The fourth-order valence-corrected chi connectivity index (χ4v) is 15.7. The molecule has 0 radical (unpaired) electrons. The first-order valence-electron chi connectivity index (χ1n) is 41.3. The van der Waals surface area contributed by atoms with Crippen molar-refractivity contribution >= 4 is 0 Å². The number of aromatic hydroxyl groups is 8. The molecule has 696 valence electrons. The van der Waals surface area contributed by atoms with Crippen LogP contribution >= 0.6 is 0 Å². The van der Waals surface area contributed by atoms with E-state index in [1.165, 1.54) is 36.4 Å². The van der Waals surface area contributed by atoms with Crippen LogP contribution in [0.2, 0.25) is 0 Å². The highest BCUT2D eigenvalue weighted by Crippen LogP contribution is 2.50. The second-order valence-electron chi connectivity index (χ2n) is 33.0. The molecular formula is C102H126O27. The summed E-state index contributed by atoms with van der Waals surface area (Å²) in [5, 5.41) is 214. The number of phenolic OH excluding ortho intramolecular Hbond substituents is 2. The van der Waals surface area contributed by atoms with Crippen LogP contribution in [0.3, 0.4) is 0 Å². The van der Waals surface area contributed by atoms with Gasteiger partial charge in [0.25, 0.3) is 0 Å². The van der Waals surface area contributed by atoms with Crippen molar-refractivity contribution in [2.75, 3.05) is 55.9 Å². The SMILES string of the molecule is C=C(C=CC(=C)C(C)(c1cc(COC)c(O)c(COC)c1)c1cc(COC)c(O)c(COC)c1)C(C)(C)C(=C)C=C(COC)C(O)=CCOC.CC(C)(c1ccc(C(C)(c2cc(CO)c(O)c(CO)c2)c2cc(CO)c(O)c(CO)c2)cc1)c1cc(CO)c(O)c(CO)c1.CC(c1cc(CO)c(O)c(CO)c1)(c1cc(CO)c(O)c(CO)c1)c1cc(CO)c(O)c(CO)c1. The van der Waals surface area contributed by atoms with E-state index in [-0.39, 0.29) is 147 Å². The van der Waals surface area contributed by atoms with Gasteiger partial charge in [0.2, 0.25) is 0 Å². The van der Waals surface area contributed by atoms with Crippen molar-refractivity contribution in [2.45, 2.75) is 176 Å². The third-order valence-electron chi connectivity index (χ3n) is 24.5. The van der Waals surface area contributed by atoms with Crippen LogP contribution in [0, 0.1) is 5.41 Å². The van der Waals surface area contributed by atoms with Crippen LogP contribution in [-0.4, -0.2) is 163 Å². The maximum atomic E-state index is 11.1. The van der Waals surface area contributed by atoms with Gasteiger partial charge in [-0.25, -0.2) is 0 Å². The first-order chi connectivity index (χ1) is 61.3. The highest BCUT2D eigenvalue weighted by Gasteiger charge is 2.40. The number of phenols is 8. The molecule has 0 saturated carbocycles. The molecule has 0 aliphatic rings. The Balaban J connectivity index is 0.000000269. The molecule has 0 fully saturated rings. The zero-order valence-electron chi connectivity index (χ0n) is 75.5. The van der Waals surface area contributed by atoms with Gasteiger partial charge in [-0.15, -0.1) is 0 Å². The van der Waals surface area contributed by atoms with E-state index in [1.54, 1.807) is 98.1 Å². The van der Waals surface area contributed by atoms with Gasteiger partial charge in [-0.05, 0) is 202 Å². The minimum Gasteiger partial charge on any atom is -0.508 e. The lowest BCUT2D eigenvalue weighted by Gasteiger charge is -2.35. The molecule has 0 spiro atoms. The largest absolute Gasteiger partial charge is 0.508 e. The average molecular weight is 1780 g/mol. The summed E-state index contributed by atoms with van der Waals surface area (Å²) in [6.45, 7) is 22.2. The molecule has 0 amide bonds. The molecule has 0 atom stereocenters. The van der Waals surface area contributed by atoms with Gasteiger partial charge < -0.3 is 136 Å². The molecule has 129 heavy (non-hydrogen) atoms. The second kappa shape index (κ2) is 46.4. The predicted molar refractivity (Wildman–Crippen MR) is 488 cm³/mol. The summed E-state index contributed by atoms with van der Waals surface area (Å²) in [5.41, 5.74) is 9.73. The molecule has 27 nitrogen and oxygen atoms in total. The van der Waals surface area contributed by atoms with Crippen molar-refractivity contribution in [2.24, 2.45) is 5.41 Å². The Morgan fingerprint density at radius 1 is 0.279 bits per heavy atom. The van der Waals surface area contributed by atoms with E-state index in [4.69, 9.17) is 28.4 Å². The van der Waals surface area contributed by atoms with Crippen molar-refractivity contribution in [3.63, 3.8) is 0 Å². The zero-order valence-corrected chi connectivity index (χ0v) is 75.5. The van der Waals surface area contributed by atoms with Crippen LogP contribution < -0.4 is 0 Å². The van der Waals surface area contributed by atoms with Gasteiger partial charge in [0.05, 0.1) is 119 Å². The van der Waals surface area contributed by atoms with Crippen LogP contribution in [0.4, 0.5) is 0 Å². The van der Waals surface area contributed by atoms with E-state index < -0.39 is 106 Å². The molecule has 0 saturated heterocycles. The Morgan fingerprint density at radius 3 is 0.744 bits per heavy atom. The average Bonchev–Trinajstić information content (AvgIpc) is 0.540. The number of aliphatic hydroxyl groups excluding tert-OH is 13. The zero-order chi connectivity index (χ0) is 96.0. The summed E-state index contributed by atoms with van der Waals surface area (Å²) >= 11 is 0. The van der Waals surface area contributed by atoms with Crippen LogP contribution in [0.1, 0.15) is 193 Å². The molecule has 0 heterocycles. The number of benzene rings is 9. The standard InChI is InChI=1S/C41H56O9.C35H40O9.C26H30O9/c1-27(40(4,5)29(3)17-30(22-46-8)37(42)15-16-45-7)13-14-28(2)41(6,35-18-31(23-47-9)38(43)32(19-35)24-48-10)36-20-33(25-49-11)39(44)34(21-36)26-50-12;1-34(2,28-8-20(14-36)31(42)21(9-28)15-37)26-4-6-27(7-5-26)35(3,29-10-22(16-38)32(43)23(11-29)17-39)30-12-24(18-40)33(44)25(13-30)19-41;1-26(20-2-14(8-27)23(33)15(3-20)9-28,21-4-16(10-29)24(34)17(5-21)11-30)22-6-18(12-31)25(35)19(7-22)13-32/h13-15,17-21,42-44H,1-3,16,22-26H2,4-12H3;4-13,36-44H,14-19H2,1-3H3;2-7,27-35H,8-13H2,1H3. The number of rotatable bonds is 41. The van der Waals surface area contributed by atoms with Crippen LogP contribution in [0.5, 0.6) is 46.0 Å². The van der Waals surface area contributed by atoms with Gasteiger partial charge >= 0.3 is 0 Å². The van der Waals surface area contributed by atoms with Gasteiger partial charge in [0, 0.05) is 164 Å². The fourth-order valence-electron chi connectivity index (χ4n) is 15.7. The van der Waals surface area contributed by atoms with Gasteiger partial charge in [-0.3, -0.25) is 0 Å². The van der Waals surface area contributed by atoms with E-state index in [2.05, 4.69) is 19.7 Å². The summed E-state index contributed by atoms with van der Waals surface area (Å²) in [5.74, 6) is -1.11. The molecule has 0 aliphatic heterocycles. The van der Waals surface area contributed by atoms with Crippen molar-refractivity contribution < 1.29 is 136 Å². The summed E-state index contributed by atoms with van der Waals surface area (Å²) in [7, 11) is 9.40. The summed E-state index contributed by atoms with van der Waals surface area (Å²) in [6, 6.07) is 34.4. The highest BCUT2D eigenvalue weighted by molar-refractivity contribution is 5.64. The molecule has 9 rings (SSSR count). The molecule has 21 N–H and O–H groups in total. The van der Waals surface area contributed by atoms with Gasteiger partial charge in [-0.2, -0.15) is 0 Å². The number of hydrogen-bond acceptors (Lipinski definition) is 27. The normalized spacial score (nSPS) is 12.3. The van der Waals surface area contributed by atoms with Crippen molar-refractivity contribution in [1.82, 2.24) is 0 Å². The number of aliphatic hydroxyl groups is 13. The number of hydrogen-bond donors (Lipinski definition) is 21. The van der Waals surface area contributed by atoms with E-state index in [1.807, 2.05) is 102 Å². The first kappa shape index (κ1) is 105. The minimum absolute atomic E-state index is 0.0557. The third kappa shape index (κ3) is 22.7. The minimum atomic E-state index is -1.20. The summed E-state index contributed by atoms with van der Waals surface area (Å²) < 4.78 is 32.2. The molecule has 0 aliphatic carbocycles. The Hall–Kier alpha value is -11.1. The molecule has 9 aromatic carbocycles. The number of ether oxygens (including phenoxy) is 6. The highest BCUT2D eigenvalue weighted by atomic mass is 16.5. The topological polar surface area (TPSA) is 480 Å². The molecule has 9 aromatic rings. The Labute approximate surface area is 753 Å². The molecule has 0 aromatic heterocycles. The third-order valence-corrected chi connectivity index (χ3v) is 24.5. The van der Waals surface area contributed by atoms with E-state index in [9.17, 15) is 107 Å². The predicted octanol–water partition coefficient (Wildman–Crippen LogP) is 12.5. The van der Waals surface area contributed by atoms with E-state index >= 15 is 0 Å². The Bertz CT molecular complexity index is 5040. The Morgan fingerprint density at radius 2 is 0.504 bits per heavy atom. The lowest BCUT2D eigenvalue weighted by Crippen LogP contribution is -2.27. The Kier molecular flexibility index (Phi) is 37.8. The maximum Gasteiger partial charge on any atom is 0.126 e. The van der Waals surface area contributed by atoms with Crippen LogP contribution in [0.15, 0.2) is 193 Å². The second-order valence-corrected chi connectivity index (χ2v) is 33.0. The van der Waals surface area contributed by atoms with E-state index in [0.717, 1.165) is 33.4 Å². The van der Waals surface area contributed by atoms with Crippen molar-refractivity contribution in [3.8, 4) is 46.0 Å². The van der Waals surface area contributed by atoms with Crippen molar-refractivity contribution in [1.29, 1.82) is 0 Å². The maximum absolute atomic E-state index is 11.1. The molecule has 27 heteroatoms. The van der Waals surface area contributed by atoms with E-state index in [0.29, 0.717) is 77.9 Å². The quantitative estimate of drug-likeness (QED) is 0.00961. The van der Waals surface area contributed by atoms with Gasteiger partial charge in [0.15, 0.2) is 0 Å². The summed E-state index contributed by atoms with van der Waals surface area (Å²) in [4.78, 5) is 0. The van der Waals surface area contributed by atoms with Crippen molar-refractivity contribution in [3.05, 3.63) is 338 Å². The van der Waals surface area contributed by atoms with Crippen LogP contribution in [0.25, 0.3) is 0 Å². The fraction of sp³-hybridized carbons (Fsp3) is 0.353. The molecular weight excluding hydrogens is 1660 g/mol. The molecule has 0 bridgehead atoms. The van der Waals surface area contributed by atoms with Crippen LogP contribution in [-0.2, 0) is 156 Å². The first-order valence-corrected chi connectivity index (χ1v) is 41.3.